The van der Waals surface area contributed by atoms with Crippen molar-refractivity contribution < 1.29 is 19.2 Å². The minimum absolute atomic E-state index is 0. The maximum absolute atomic E-state index is 7.33. The molecule has 0 radical (unpaired) electrons. The normalized spacial score (nSPS) is 8.57. The predicted molar refractivity (Wildman–Crippen MR) is 33.1 cm³/mol. The van der Waals surface area contributed by atoms with E-state index in [2.05, 4.69) is 0 Å². The monoisotopic (exact) mass is 152 g/mol. The zero-order valence-corrected chi connectivity index (χ0v) is 3.29. The molecule has 7 heteroatoms. The van der Waals surface area contributed by atoms with E-state index >= 15 is 0 Å². The Morgan fingerprint density at radius 2 is 0.857 bits per heavy atom. The van der Waals surface area contributed by atoms with E-state index in [1.165, 1.54) is 0 Å². The molecule has 0 heterocycles. The molecule has 0 spiro atoms. The van der Waals surface area contributed by atoms with Crippen LogP contribution in [-0.2, 0) is 0 Å². The predicted octanol–water partition coefficient (Wildman–Crippen LogP) is -4.71. The molecular weight excluding hydrogens is 143 g/mol. The van der Waals surface area contributed by atoms with Crippen LogP contribution in [0.5, 0.6) is 0 Å². The van der Waals surface area contributed by atoms with Crippen LogP contribution in [0.1, 0.15) is 0 Å². The average Bonchev–Trinajstić information content (AvgIpc) is 0.722. The molecule has 0 aliphatic carbocycles. The first-order chi connectivity index (χ1) is 2.00. The van der Waals surface area contributed by atoms with Gasteiger partial charge in [0, 0.05) is 0 Å². The number of hydrogen-bond donors (Lipinski definition) is 4. The fraction of sp³-hybridized carbons (Fsp3) is 0. The van der Waals surface area contributed by atoms with Crippen LogP contribution in [0, 0.1) is 0 Å². The Kier molecular flexibility index (Phi) is 12.4. The van der Waals surface area contributed by atoms with Crippen molar-refractivity contribution in [3.63, 3.8) is 0 Å². The van der Waals surface area contributed by atoms with Gasteiger partial charge in [0.15, 0.2) is 0 Å². The van der Waals surface area contributed by atoms with Gasteiger partial charge in [0.1, 0.15) is 0 Å². The third-order valence-electron chi connectivity index (χ3n) is 0. The molecule has 0 saturated carbocycles. The summed E-state index contributed by atoms with van der Waals surface area (Å²) in [6.07, 6.45) is 0. The zero-order valence-electron chi connectivity index (χ0n) is 2.29. The molecule has 0 aliphatic heterocycles. The third kappa shape index (κ3) is 112. The third-order valence-corrected chi connectivity index (χ3v) is 0. The van der Waals surface area contributed by atoms with Crippen LogP contribution in [-0.4, -0.2) is 74.4 Å². The molecule has 0 aliphatic rings. The fourth-order valence-electron chi connectivity index (χ4n) is 0. The zero-order chi connectivity index (χ0) is 4.50. The van der Waals surface area contributed by atoms with E-state index in [1.807, 2.05) is 0 Å². The van der Waals surface area contributed by atoms with Gasteiger partial charge in [-0.3, -0.25) is 0 Å². The molecule has 0 rings (SSSR count). The number of hydrogen-bond acceptors (Lipinski definition) is 4. The van der Waals surface area contributed by atoms with E-state index < -0.39 is 9.05 Å². The first-order valence-corrected chi connectivity index (χ1v) is 2.68. The van der Waals surface area contributed by atoms with E-state index in [9.17, 15) is 0 Å². The molecule has 0 unspecified atom stereocenters. The summed E-state index contributed by atoms with van der Waals surface area (Å²) in [7, 11) is -4.61. The van der Waals surface area contributed by atoms with Gasteiger partial charge in [0.2, 0.25) is 0 Å². The molecule has 0 aromatic carbocycles. The molecule has 42 valence electrons. The molecule has 4 nitrogen and oxygen atoms in total. The van der Waals surface area contributed by atoms with E-state index in [4.69, 9.17) is 19.2 Å². The molecule has 0 aromatic rings. The van der Waals surface area contributed by atoms with Crippen LogP contribution >= 0.6 is 0 Å². The summed E-state index contributed by atoms with van der Waals surface area (Å²) in [6.45, 7) is 0. The van der Waals surface area contributed by atoms with Crippen LogP contribution < -0.4 is 0 Å². The van der Waals surface area contributed by atoms with Gasteiger partial charge in [-0.05, 0) is 0 Å². The summed E-state index contributed by atoms with van der Waals surface area (Å²) in [4.78, 5) is 29.3. The van der Waals surface area contributed by atoms with Crippen molar-refractivity contribution in [3.05, 3.63) is 0 Å². The van der Waals surface area contributed by atoms with Crippen LogP contribution in [0.2, 0.25) is 0 Å². The molecule has 0 aromatic heterocycles. The SMILES string of the molecule is B.O[Si](O)(O)O.[CaH2]. The Bertz CT molecular complexity index is 27.2. The van der Waals surface area contributed by atoms with Crippen LogP contribution in [0.4, 0.5) is 0 Å². The van der Waals surface area contributed by atoms with E-state index in [0.29, 0.717) is 0 Å². The second-order valence-electron chi connectivity index (χ2n) is 0.600. The van der Waals surface area contributed by atoms with Crippen molar-refractivity contribution in [1.82, 2.24) is 0 Å². The summed E-state index contributed by atoms with van der Waals surface area (Å²) in [5, 5.41) is 0. The van der Waals surface area contributed by atoms with Gasteiger partial charge >= 0.3 is 46.8 Å². The first kappa shape index (κ1) is 15.8. The fourth-order valence-corrected chi connectivity index (χ4v) is 0. The molecular formula is H9BCaO4Si. The summed E-state index contributed by atoms with van der Waals surface area (Å²) < 4.78 is 0. The van der Waals surface area contributed by atoms with Gasteiger partial charge in [-0.15, -0.1) is 0 Å². The van der Waals surface area contributed by atoms with Crippen molar-refractivity contribution in [3.8, 4) is 0 Å². The molecule has 0 saturated heterocycles. The van der Waals surface area contributed by atoms with Crippen molar-refractivity contribution in [2.45, 2.75) is 0 Å². The van der Waals surface area contributed by atoms with Crippen LogP contribution in [0.3, 0.4) is 0 Å². The maximum atomic E-state index is 7.33. The van der Waals surface area contributed by atoms with Gasteiger partial charge in [-0.2, -0.15) is 0 Å². The molecule has 0 bridgehead atoms. The Morgan fingerprint density at radius 3 is 0.857 bits per heavy atom. The minimum atomic E-state index is -4.61. The quantitative estimate of drug-likeness (QED) is 0.263. The van der Waals surface area contributed by atoms with Crippen molar-refractivity contribution in [2.75, 3.05) is 0 Å². The van der Waals surface area contributed by atoms with Crippen molar-refractivity contribution >= 4 is 55.2 Å². The van der Waals surface area contributed by atoms with E-state index in [-0.39, 0.29) is 46.2 Å². The van der Waals surface area contributed by atoms with Gasteiger partial charge < -0.3 is 19.2 Å². The second-order valence-corrected chi connectivity index (χ2v) is 1.80. The van der Waals surface area contributed by atoms with Gasteiger partial charge in [-0.25, -0.2) is 0 Å². The topological polar surface area (TPSA) is 80.9 Å². The molecule has 4 N–H and O–H groups in total. The molecule has 0 amide bonds. The van der Waals surface area contributed by atoms with Crippen molar-refractivity contribution in [1.29, 1.82) is 0 Å². The number of rotatable bonds is 0. The average molecular weight is 152 g/mol. The Labute approximate surface area is 73.9 Å². The standard InChI is InChI=1S/BH3.Ca.H4O4Si.2H/c;;1-5(2,3)4;;/h1H3;;1-4H;;. The Hall–Kier alpha value is 1.38. The van der Waals surface area contributed by atoms with Crippen LogP contribution in [0.15, 0.2) is 0 Å². The summed E-state index contributed by atoms with van der Waals surface area (Å²) in [5.74, 6) is 0. The van der Waals surface area contributed by atoms with Gasteiger partial charge in [0.05, 0.1) is 8.41 Å². The summed E-state index contributed by atoms with van der Waals surface area (Å²) in [6, 6.07) is 0. The van der Waals surface area contributed by atoms with E-state index in [0.717, 1.165) is 0 Å². The molecule has 0 atom stereocenters. The summed E-state index contributed by atoms with van der Waals surface area (Å²) in [5.41, 5.74) is 0. The summed E-state index contributed by atoms with van der Waals surface area (Å²) >= 11 is 0. The van der Waals surface area contributed by atoms with E-state index in [1.54, 1.807) is 0 Å². The molecule has 0 fully saturated rings. The Balaban J connectivity index is -0.0000000800. The van der Waals surface area contributed by atoms with Gasteiger partial charge in [0.25, 0.3) is 0 Å². The first-order valence-electron chi connectivity index (χ1n) is 0.894. The van der Waals surface area contributed by atoms with Gasteiger partial charge in [-0.1, -0.05) is 0 Å². The van der Waals surface area contributed by atoms with Crippen LogP contribution in [0.25, 0.3) is 0 Å². The van der Waals surface area contributed by atoms with Crippen molar-refractivity contribution in [2.24, 2.45) is 0 Å². The second kappa shape index (κ2) is 5.52. The Morgan fingerprint density at radius 1 is 0.857 bits per heavy atom. The molecule has 7 heavy (non-hydrogen) atoms.